The summed E-state index contributed by atoms with van der Waals surface area (Å²) in [6.45, 7) is 3.15. The molecule has 0 spiro atoms. The number of carbonyl (C=O) groups excluding carboxylic acids is 2. The quantitative estimate of drug-likeness (QED) is 0.372. The van der Waals surface area contributed by atoms with Crippen molar-refractivity contribution in [3.8, 4) is 23.0 Å². The van der Waals surface area contributed by atoms with E-state index in [1.54, 1.807) is 37.4 Å². The fourth-order valence-corrected chi connectivity index (χ4v) is 5.35. The topological polar surface area (TPSA) is 86.3 Å². The van der Waals surface area contributed by atoms with Crippen molar-refractivity contribution in [2.75, 3.05) is 31.8 Å². The van der Waals surface area contributed by atoms with Gasteiger partial charge in [0.2, 0.25) is 5.91 Å². The van der Waals surface area contributed by atoms with Gasteiger partial charge in [-0.3, -0.25) is 14.5 Å². The van der Waals surface area contributed by atoms with E-state index in [1.165, 1.54) is 11.3 Å². The van der Waals surface area contributed by atoms with Crippen LogP contribution in [0.5, 0.6) is 23.0 Å². The van der Waals surface area contributed by atoms with Crippen LogP contribution in [-0.2, 0) is 4.79 Å². The zero-order valence-electron chi connectivity index (χ0n) is 23.1. The molecule has 1 atom stereocenters. The summed E-state index contributed by atoms with van der Waals surface area (Å²) in [5.74, 6) is 1.67. The largest absolute Gasteiger partial charge is 0.497 e. The number of amides is 2. The van der Waals surface area contributed by atoms with Gasteiger partial charge in [-0.1, -0.05) is 43.5 Å². The Morgan fingerprint density at radius 3 is 2.40 bits per heavy atom. The summed E-state index contributed by atoms with van der Waals surface area (Å²) < 4.78 is 22.8. The second kappa shape index (κ2) is 12.8. The Hall–Kier alpha value is -4.20. The lowest BCUT2D eigenvalue weighted by atomic mass is 9.94. The Morgan fingerprint density at radius 2 is 1.68 bits per heavy atom. The van der Waals surface area contributed by atoms with Crippen molar-refractivity contribution in [1.29, 1.82) is 0 Å². The van der Waals surface area contributed by atoms with E-state index >= 15 is 0 Å². The fraction of sp³-hybridized carbons (Fsp3) is 0.375. The third-order valence-electron chi connectivity index (χ3n) is 7.32. The number of hydrogen-bond acceptors (Lipinski definition) is 6. The lowest BCUT2D eigenvalue weighted by molar-refractivity contribution is -0.123. The number of ether oxygens (including phenoxy) is 4. The third-order valence-corrected chi connectivity index (χ3v) is 7.32. The van der Waals surface area contributed by atoms with Crippen LogP contribution >= 0.6 is 0 Å². The van der Waals surface area contributed by atoms with Crippen LogP contribution in [0.15, 0.2) is 66.7 Å². The molecule has 5 rings (SSSR count). The minimum absolute atomic E-state index is 0.0652. The number of nitrogens with one attached hydrogen (secondary N) is 1. The molecule has 1 heterocycles. The van der Waals surface area contributed by atoms with Gasteiger partial charge in [0.1, 0.15) is 30.8 Å². The predicted octanol–water partition coefficient (Wildman–Crippen LogP) is 5.70. The predicted molar refractivity (Wildman–Crippen MR) is 153 cm³/mol. The van der Waals surface area contributed by atoms with E-state index in [4.69, 9.17) is 18.9 Å². The zero-order valence-corrected chi connectivity index (χ0v) is 23.1. The average molecular weight is 545 g/mol. The summed E-state index contributed by atoms with van der Waals surface area (Å²) in [6, 6.07) is 18.8. The maximum Gasteiger partial charge on any atom is 0.259 e. The van der Waals surface area contributed by atoms with Gasteiger partial charge in [-0.05, 0) is 67.8 Å². The molecule has 1 aliphatic heterocycles. The number of nitrogens with zero attached hydrogens (tertiary/aromatic N) is 1. The van der Waals surface area contributed by atoms with Crippen LogP contribution in [0.25, 0.3) is 0 Å². The summed E-state index contributed by atoms with van der Waals surface area (Å²) in [7, 11) is 1.60. The highest BCUT2D eigenvalue weighted by Gasteiger charge is 2.36. The van der Waals surface area contributed by atoms with Crippen LogP contribution in [0.4, 0.5) is 5.69 Å². The van der Waals surface area contributed by atoms with Crippen LogP contribution in [0.3, 0.4) is 0 Å². The van der Waals surface area contributed by atoms with Crippen molar-refractivity contribution in [2.24, 2.45) is 0 Å². The molecule has 1 aliphatic carbocycles. The van der Waals surface area contributed by atoms with Crippen molar-refractivity contribution < 1.29 is 28.5 Å². The summed E-state index contributed by atoms with van der Waals surface area (Å²) >= 11 is 0. The van der Waals surface area contributed by atoms with Gasteiger partial charge in [0.05, 0.1) is 19.4 Å². The van der Waals surface area contributed by atoms with Gasteiger partial charge in [-0.2, -0.15) is 0 Å². The number of methoxy groups -OCH3 is 1. The molecular formula is C32H36N2O6. The molecule has 210 valence electrons. The smallest absolute Gasteiger partial charge is 0.259 e. The summed E-state index contributed by atoms with van der Waals surface area (Å²) in [6.07, 6.45) is 5.17. The Bertz CT molecular complexity index is 1320. The maximum absolute atomic E-state index is 14.5. The number of carbonyl (C=O) groups is 2. The molecule has 1 N–H and O–H groups in total. The first-order valence-electron chi connectivity index (χ1n) is 14.0. The number of rotatable bonds is 9. The Morgan fingerprint density at radius 1 is 0.950 bits per heavy atom. The van der Waals surface area contributed by atoms with Gasteiger partial charge in [0, 0.05) is 11.6 Å². The molecule has 1 saturated carbocycles. The van der Waals surface area contributed by atoms with E-state index in [0.717, 1.165) is 25.7 Å². The third kappa shape index (κ3) is 6.01. The van der Waals surface area contributed by atoms with Crippen LogP contribution < -0.4 is 29.2 Å². The minimum atomic E-state index is -0.963. The van der Waals surface area contributed by atoms with Crippen molar-refractivity contribution >= 4 is 17.5 Å². The fourth-order valence-electron chi connectivity index (χ4n) is 5.35. The first kappa shape index (κ1) is 27.4. The lowest BCUT2D eigenvalue weighted by Gasteiger charge is -2.34. The molecular weight excluding hydrogens is 508 g/mol. The normalized spacial score (nSPS) is 15.6. The standard InChI is InChI=1S/C32H36N2O6/c1-3-38-27-12-8-7-11-26(27)34(32(36)23-15-18-28-29(21-23)40-20-19-39-28)30(22-13-16-25(37-2)17-14-22)31(35)33-24-9-5-4-6-10-24/h7-8,11-18,21,24,30H,3-6,9-10,19-20H2,1-2H3,(H,33,35). The Labute approximate surface area is 235 Å². The van der Waals surface area contributed by atoms with Crippen molar-refractivity contribution in [1.82, 2.24) is 5.32 Å². The highest BCUT2D eigenvalue weighted by molar-refractivity contribution is 6.11. The molecule has 2 amide bonds. The molecule has 0 bridgehead atoms. The molecule has 0 saturated heterocycles. The van der Waals surface area contributed by atoms with Gasteiger partial charge in [0.15, 0.2) is 11.5 Å². The van der Waals surface area contributed by atoms with Gasteiger partial charge in [0.25, 0.3) is 5.91 Å². The van der Waals surface area contributed by atoms with E-state index in [1.807, 2.05) is 43.3 Å². The number of anilines is 1. The second-order valence-corrected chi connectivity index (χ2v) is 9.95. The average Bonchev–Trinajstić information content (AvgIpc) is 3.00. The van der Waals surface area contributed by atoms with Crippen LogP contribution in [0.1, 0.15) is 61.0 Å². The summed E-state index contributed by atoms with van der Waals surface area (Å²) in [5, 5.41) is 3.25. The lowest BCUT2D eigenvalue weighted by Crippen LogP contribution is -2.47. The van der Waals surface area contributed by atoms with E-state index in [0.29, 0.717) is 59.6 Å². The van der Waals surface area contributed by atoms with Crippen molar-refractivity contribution in [2.45, 2.75) is 51.1 Å². The minimum Gasteiger partial charge on any atom is -0.497 e. The molecule has 0 radical (unpaired) electrons. The van der Waals surface area contributed by atoms with Crippen LogP contribution in [0, 0.1) is 0 Å². The SMILES string of the molecule is CCOc1ccccc1N(C(=O)c1ccc2c(c1)OCCO2)C(C(=O)NC1CCCCC1)c1ccc(OC)cc1. The van der Waals surface area contributed by atoms with E-state index in [9.17, 15) is 9.59 Å². The van der Waals surface area contributed by atoms with Crippen LogP contribution in [-0.4, -0.2) is 44.8 Å². The van der Waals surface area contributed by atoms with Gasteiger partial charge >= 0.3 is 0 Å². The molecule has 1 fully saturated rings. The number of benzene rings is 3. The summed E-state index contributed by atoms with van der Waals surface area (Å²) in [5.41, 5.74) is 1.54. The van der Waals surface area contributed by atoms with Gasteiger partial charge in [-0.15, -0.1) is 0 Å². The van der Waals surface area contributed by atoms with Crippen LogP contribution in [0.2, 0.25) is 0 Å². The highest BCUT2D eigenvalue weighted by atomic mass is 16.6. The molecule has 3 aromatic carbocycles. The first-order chi connectivity index (χ1) is 19.6. The monoisotopic (exact) mass is 544 g/mol. The van der Waals surface area contributed by atoms with E-state index in [2.05, 4.69) is 5.32 Å². The zero-order chi connectivity index (χ0) is 27.9. The van der Waals surface area contributed by atoms with Gasteiger partial charge in [-0.25, -0.2) is 0 Å². The molecule has 1 unspecified atom stereocenters. The Balaban J connectivity index is 1.62. The first-order valence-corrected chi connectivity index (χ1v) is 14.0. The molecule has 2 aliphatic rings. The Kier molecular flexibility index (Phi) is 8.74. The van der Waals surface area contributed by atoms with Crippen molar-refractivity contribution in [3.05, 3.63) is 77.9 Å². The molecule has 3 aromatic rings. The van der Waals surface area contributed by atoms with Gasteiger partial charge < -0.3 is 24.3 Å². The molecule has 8 heteroatoms. The second-order valence-electron chi connectivity index (χ2n) is 9.95. The van der Waals surface area contributed by atoms with E-state index in [-0.39, 0.29) is 17.9 Å². The molecule has 40 heavy (non-hydrogen) atoms. The number of fused-ring (bicyclic) bond motifs is 1. The molecule has 8 nitrogen and oxygen atoms in total. The highest BCUT2D eigenvalue weighted by Crippen LogP contribution is 2.38. The molecule has 0 aromatic heterocycles. The number of para-hydroxylation sites is 2. The maximum atomic E-state index is 14.5. The summed E-state index contributed by atoms with van der Waals surface area (Å²) in [4.78, 5) is 30.2. The van der Waals surface area contributed by atoms with E-state index < -0.39 is 6.04 Å². The van der Waals surface area contributed by atoms with Crippen molar-refractivity contribution in [3.63, 3.8) is 0 Å². The number of hydrogen-bond donors (Lipinski definition) is 1.